The molecule has 116 valence electrons. The lowest BCUT2D eigenvalue weighted by Gasteiger charge is -2.07. The van der Waals surface area contributed by atoms with E-state index in [-0.39, 0.29) is 11.6 Å². The lowest BCUT2D eigenvalue weighted by molar-refractivity contribution is 0.0947. The molecule has 0 aliphatic carbocycles. The Morgan fingerprint density at radius 3 is 2.55 bits per heavy atom. The van der Waals surface area contributed by atoms with Crippen LogP contribution in [-0.2, 0) is 12.8 Å². The number of aromatic amines is 1. The Morgan fingerprint density at radius 1 is 1.18 bits per heavy atom. The number of benzene rings is 1. The second-order valence-corrected chi connectivity index (χ2v) is 4.94. The number of nitrogen functional groups attached to an aromatic ring is 2. The van der Waals surface area contributed by atoms with Crippen LogP contribution in [0.25, 0.3) is 0 Å². The van der Waals surface area contributed by atoms with E-state index in [0.717, 1.165) is 19.3 Å². The summed E-state index contributed by atoms with van der Waals surface area (Å²) < 4.78 is 0. The number of unbranched alkanes of at least 4 members (excludes halogenated alkanes) is 1. The zero-order valence-electron chi connectivity index (χ0n) is 12.1. The minimum atomic E-state index is -0.615. The molecule has 1 aromatic heterocycles. The van der Waals surface area contributed by atoms with Crippen molar-refractivity contribution in [2.45, 2.75) is 25.7 Å². The molecule has 1 amide bonds. The molecule has 1 aromatic carbocycles. The Morgan fingerprint density at radius 2 is 1.86 bits per heavy atom. The van der Waals surface area contributed by atoms with Crippen LogP contribution >= 0.6 is 0 Å². The van der Waals surface area contributed by atoms with Gasteiger partial charge in [-0.1, -0.05) is 30.3 Å². The Balaban J connectivity index is 2.03. The quantitative estimate of drug-likeness (QED) is 0.268. The van der Waals surface area contributed by atoms with Crippen molar-refractivity contribution in [1.29, 1.82) is 0 Å². The summed E-state index contributed by atoms with van der Waals surface area (Å²) in [5.74, 6) is 4.40. The monoisotopic (exact) mass is 301 g/mol. The van der Waals surface area contributed by atoms with Crippen LogP contribution in [0.4, 0.5) is 5.95 Å². The number of hydrogen-bond donors (Lipinski definition) is 4. The number of nitrogens with zero attached hydrogens (tertiary/aromatic N) is 1. The molecule has 7 nitrogen and oxygen atoms in total. The van der Waals surface area contributed by atoms with Crippen molar-refractivity contribution in [3.63, 3.8) is 0 Å². The molecule has 0 fully saturated rings. The van der Waals surface area contributed by atoms with Crippen molar-refractivity contribution in [2.24, 2.45) is 5.84 Å². The minimum Gasteiger partial charge on any atom is -0.369 e. The summed E-state index contributed by atoms with van der Waals surface area (Å²) in [6.07, 6.45) is 3.02. The molecule has 2 aromatic rings. The molecule has 6 N–H and O–H groups in total. The molecule has 0 bridgehead atoms. The molecule has 0 saturated carbocycles. The molecule has 0 aliphatic heterocycles. The van der Waals surface area contributed by atoms with Crippen LogP contribution in [0.15, 0.2) is 35.1 Å². The lowest BCUT2D eigenvalue weighted by Crippen LogP contribution is -2.34. The van der Waals surface area contributed by atoms with Crippen LogP contribution in [-0.4, -0.2) is 15.9 Å². The number of H-pyrrole nitrogens is 1. The molecule has 0 spiro atoms. The largest absolute Gasteiger partial charge is 0.369 e. The van der Waals surface area contributed by atoms with E-state index in [4.69, 9.17) is 11.6 Å². The minimum absolute atomic E-state index is 0.0107. The van der Waals surface area contributed by atoms with Crippen molar-refractivity contribution in [3.8, 4) is 0 Å². The van der Waals surface area contributed by atoms with Crippen molar-refractivity contribution in [1.82, 2.24) is 15.4 Å². The average molecular weight is 301 g/mol. The number of aromatic nitrogens is 2. The Bertz CT molecular complexity index is 697. The number of carbonyl (C=O) groups is 1. The predicted molar refractivity (Wildman–Crippen MR) is 84.0 cm³/mol. The van der Waals surface area contributed by atoms with Crippen molar-refractivity contribution >= 4 is 11.9 Å². The number of nitrogens with two attached hydrogens (primary N) is 2. The molecule has 1 heterocycles. The van der Waals surface area contributed by atoms with Gasteiger partial charge in [0.05, 0.1) is 0 Å². The zero-order valence-corrected chi connectivity index (χ0v) is 12.1. The number of hydrazine groups is 1. The number of anilines is 1. The first-order valence-electron chi connectivity index (χ1n) is 7.05. The summed E-state index contributed by atoms with van der Waals surface area (Å²) >= 11 is 0. The maximum absolute atomic E-state index is 11.9. The second-order valence-electron chi connectivity index (χ2n) is 4.94. The van der Waals surface area contributed by atoms with Gasteiger partial charge in [0, 0.05) is 5.56 Å². The van der Waals surface area contributed by atoms with Crippen LogP contribution in [0.2, 0.25) is 0 Å². The summed E-state index contributed by atoms with van der Waals surface area (Å²) in [6.45, 7) is 0. The molecule has 0 unspecified atom stereocenters. The van der Waals surface area contributed by atoms with Crippen LogP contribution in [0.3, 0.4) is 0 Å². The average Bonchev–Trinajstić information content (AvgIpc) is 2.52. The first-order valence-corrected chi connectivity index (χ1v) is 7.05. The number of rotatable bonds is 6. The van der Waals surface area contributed by atoms with Crippen LogP contribution in [0.5, 0.6) is 0 Å². The van der Waals surface area contributed by atoms with Gasteiger partial charge in [-0.2, -0.15) is 0 Å². The molecule has 0 saturated heterocycles. The Hall–Kier alpha value is -2.67. The molecule has 0 aliphatic rings. The normalized spacial score (nSPS) is 10.4. The first-order chi connectivity index (χ1) is 10.6. The van der Waals surface area contributed by atoms with E-state index < -0.39 is 11.5 Å². The highest BCUT2D eigenvalue weighted by atomic mass is 16.2. The summed E-state index contributed by atoms with van der Waals surface area (Å²) in [4.78, 5) is 29.9. The lowest BCUT2D eigenvalue weighted by atomic mass is 10.0. The van der Waals surface area contributed by atoms with Gasteiger partial charge >= 0.3 is 0 Å². The van der Waals surface area contributed by atoms with E-state index >= 15 is 0 Å². The van der Waals surface area contributed by atoms with E-state index in [1.54, 1.807) is 0 Å². The molecule has 7 heteroatoms. The second kappa shape index (κ2) is 7.37. The fourth-order valence-electron chi connectivity index (χ4n) is 2.28. The molecular weight excluding hydrogens is 282 g/mol. The highest BCUT2D eigenvalue weighted by Gasteiger charge is 2.16. The van der Waals surface area contributed by atoms with Crippen molar-refractivity contribution in [3.05, 3.63) is 57.5 Å². The highest BCUT2D eigenvalue weighted by molar-refractivity contribution is 5.93. The van der Waals surface area contributed by atoms with Gasteiger partial charge in [-0.3, -0.25) is 20.0 Å². The molecule has 0 atom stereocenters. The molecule has 22 heavy (non-hydrogen) atoms. The van der Waals surface area contributed by atoms with Crippen LogP contribution < -0.4 is 22.6 Å². The molecular formula is C15H19N5O2. The highest BCUT2D eigenvalue weighted by Crippen LogP contribution is 2.10. The van der Waals surface area contributed by atoms with Crippen LogP contribution in [0.1, 0.15) is 34.5 Å². The number of amides is 1. The smallest absolute Gasteiger partial charge is 0.284 e. The summed E-state index contributed by atoms with van der Waals surface area (Å²) in [7, 11) is 0. The third kappa shape index (κ3) is 3.92. The summed E-state index contributed by atoms with van der Waals surface area (Å²) in [6, 6.07) is 10.1. The van der Waals surface area contributed by atoms with E-state index in [1.165, 1.54) is 5.56 Å². The van der Waals surface area contributed by atoms with Gasteiger partial charge in [-0.25, -0.2) is 10.8 Å². The maximum atomic E-state index is 11.9. The van der Waals surface area contributed by atoms with Gasteiger partial charge in [-0.05, 0) is 31.2 Å². The predicted octanol–water partition coefficient (Wildman–Crippen LogP) is 0.521. The van der Waals surface area contributed by atoms with E-state index in [2.05, 4.69) is 22.1 Å². The van der Waals surface area contributed by atoms with Gasteiger partial charge in [0.2, 0.25) is 5.95 Å². The third-order valence-electron chi connectivity index (χ3n) is 3.37. The first kappa shape index (κ1) is 15.7. The maximum Gasteiger partial charge on any atom is 0.284 e. The number of carbonyl (C=O) groups excluding carboxylic acids is 1. The van der Waals surface area contributed by atoms with Gasteiger partial charge < -0.3 is 5.73 Å². The Labute approximate surface area is 127 Å². The summed E-state index contributed by atoms with van der Waals surface area (Å²) in [5.41, 5.74) is 8.59. The number of nitrogens with one attached hydrogen (secondary N) is 2. The van der Waals surface area contributed by atoms with Gasteiger partial charge in [0.15, 0.2) is 0 Å². The van der Waals surface area contributed by atoms with E-state index in [0.29, 0.717) is 12.0 Å². The summed E-state index contributed by atoms with van der Waals surface area (Å²) in [5, 5.41) is 0. The van der Waals surface area contributed by atoms with Crippen LogP contribution in [0, 0.1) is 0 Å². The van der Waals surface area contributed by atoms with Gasteiger partial charge in [-0.15, -0.1) is 0 Å². The fourth-order valence-corrected chi connectivity index (χ4v) is 2.28. The topological polar surface area (TPSA) is 127 Å². The van der Waals surface area contributed by atoms with E-state index in [9.17, 15) is 9.59 Å². The Kier molecular flexibility index (Phi) is 5.26. The van der Waals surface area contributed by atoms with Gasteiger partial charge in [0.1, 0.15) is 5.69 Å². The fraction of sp³-hybridized carbons (Fsp3) is 0.267. The number of hydrogen-bond acceptors (Lipinski definition) is 5. The third-order valence-corrected chi connectivity index (χ3v) is 3.37. The zero-order chi connectivity index (χ0) is 15.9. The van der Waals surface area contributed by atoms with Crippen molar-refractivity contribution < 1.29 is 4.79 Å². The molecule has 2 rings (SSSR count). The van der Waals surface area contributed by atoms with E-state index in [1.807, 2.05) is 23.6 Å². The number of aryl methyl sites for hydroxylation is 1. The molecule has 0 radical (unpaired) electrons. The van der Waals surface area contributed by atoms with Gasteiger partial charge in [0.25, 0.3) is 11.5 Å². The standard InChI is InChI=1S/C15H19N5O2/c16-15-18-12(14(22)20-17)11(13(21)19-15)9-5-4-8-10-6-2-1-3-7-10/h1-3,6-7H,4-5,8-9,17H2,(H,20,22)(H3,16,18,19,21). The SMILES string of the molecule is NNC(=O)c1nc(N)[nH]c(=O)c1CCCCc1ccccc1. The van der Waals surface area contributed by atoms with Crippen molar-refractivity contribution in [2.75, 3.05) is 5.73 Å².